The Hall–Kier alpha value is -1.20. The lowest BCUT2D eigenvalue weighted by molar-refractivity contribution is 0.230. The first-order valence-electron chi connectivity index (χ1n) is 6.75. The Morgan fingerprint density at radius 1 is 1.40 bits per heavy atom. The highest BCUT2D eigenvalue weighted by atomic mass is 32.2. The van der Waals surface area contributed by atoms with Crippen molar-refractivity contribution in [3.63, 3.8) is 0 Å². The van der Waals surface area contributed by atoms with Gasteiger partial charge in [0, 0.05) is 12.8 Å². The molecule has 1 aromatic rings. The number of hydrogen-bond acceptors (Lipinski definition) is 3. The number of likely N-dealkylation sites (tertiary alicyclic amines) is 1. The van der Waals surface area contributed by atoms with Gasteiger partial charge in [-0.15, -0.1) is 6.58 Å². The molecule has 1 aliphatic rings. The largest absolute Gasteiger partial charge is 0.300 e. The molecular formula is C15H20FNO2S. The van der Waals surface area contributed by atoms with Crippen molar-refractivity contribution in [3.8, 4) is 0 Å². The summed E-state index contributed by atoms with van der Waals surface area (Å²) < 4.78 is 37.5. The molecule has 0 spiro atoms. The first kappa shape index (κ1) is 15.2. The van der Waals surface area contributed by atoms with Gasteiger partial charge in [0.15, 0.2) is 9.84 Å². The van der Waals surface area contributed by atoms with E-state index >= 15 is 0 Å². The lowest BCUT2D eigenvalue weighted by Crippen LogP contribution is -2.33. The molecule has 0 N–H and O–H groups in total. The summed E-state index contributed by atoms with van der Waals surface area (Å²) in [5.41, 5.74) is 0.533. The van der Waals surface area contributed by atoms with E-state index < -0.39 is 15.7 Å². The van der Waals surface area contributed by atoms with Crippen LogP contribution in [0, 0.1) is 5.82 Å². The maximum atomic E-state index is 14.4. The molecule has 1 aromatic carbocycles. The molecule has 20 heavy (non-hydrogen) atoms. The van der Waals surface area contributed by atoms with Gasteiger partial charge >= 0.3 is 0 Å². The van der Waals surface area contributed by atoms with E-state index in [1.807, 2.05) is 6.08 Å². The summed E-state index contributed by atoms with van der Waals surface area (Å²) in [4.78, 5) is 2.07. The second-order valence-corrected chi connectivity index (χ2v) is 7.28. The van der Waals surface area contributed by atoms with Gasteiger partial charge in [-0.2, -0.15) is 0 Å². The van der Waals surface area contributed by atoms with Crippen LogP contribution in [0.4, 0.5) is 4.39 Å². The molecule has 5 heteroatoms. The predicted molar refractivity (Wildman–Crippen MR) is 78.1 cm³/mol. The van der Waals surface area contributed by atoms with Gasteiger partial charge < -0.3 is 0 Å². The molecule has 110 valence electrons. The van der Waals surface area contributed by atoms with E-state index in [-0.39, 0.29) is 10.8 Å². The molecular weight excluding hydrogens is 277 g/mol. The summed E-state index contributed by atoms with van der Waals surface area (Å²) in [6.07, 6.45) is 4.60. The minimum atomic E-state index is -3.51. The van der Waals surface area contributed by atoms with Crippen molar-refractivity contribution < 1.29 is 12.8 Å². The fraction of sp³-hybridized carbons (Fsp3) is 0.467. The molecule has 0 radical (unpaired) electrons. The highest BCUT2D eigenvalue weighted by molar-refractivity contribution is 7.90. The summed E-state index contributed by atoms with van der Waals surface area (Å²) in [6.45, 7) is 6.34. The maximum absolute atomic E-state index is 14.4. The zero-order valence-electron chi connectivity index (χ0n) is 11.7. The van der Waals surface area contributed by atoms with Crippen molar-refractivity contribution >= 4 is 9.84 Å². The number of rotatable bonds is 4. The van der Waals surface area contributed by atoms with E-state index in [2.05, 4.69) is 11.5 Å². The fourth-order valence-electron chi connectivity index (χ4n) is 2.74. The standard InChI is InChI=1S/C15H20FNO2S/c1-3-9-17-10-7-12(8-11-17)13-5-4-6-14(15(13)16)20(2,18)19/h3-6,12H,1,7-11H2,2H3. The van der Waals surface area contributed by atoms with Gasteiger partial charge in [0.2, 0.25) is 0 Å². The molecule has 0 atom stereocenters. The van der Waals surface area contributed by atoms with E-state index in [0.717, 1.165) is 38.7 Å². The Bertz CT molecular complexity index is 590. The van der Waals surface area contributed by atoms with Crippen molar-refractivity contribution in [1.29, 1.82) is 0 Å². The molecule has 0 saturated carbocycles. The number of benzene rings is 1. The molecule has 0 aromatic heterocycles. The monoisotopic (exact) mass is 297 g/mol. The van der Waals surface area contributed by atoms with Gasteiger partial charge in [0.05, 0.1) is 0 Å². The van der Waals surface area contributed by atoms with E-state index in [1.165, 1.54) is 6.07 Å². The van der Waals surface area contributed by atoms with E-state index in [4.69, 9.17) is 0 Å². The lowest BCUT2D eigenvalue weighted by Gasteiger charge is -2.31. The third kappa shape index (κ3) is 3.27. The predicted octanol–water partition coefficient (Wildman–Crippen LogP) is 2.59. The molecule has 1 aliphatic heterocycles. The smallest absolute Gasteiger partial charge is 0.178 e. The van der Waals surface area contributed by atoms with Gasteiger partial charge in [-0.1, -0.05) is 18.2 Å². The molecule has 0 unspecified atom stereocenters. The van der Waals surface area contributed by atoms with Crippen LogP contribution in [0.5, 0.6) is 0 Å². The second-order valence-electron chi connectivity index (χ2n) is 5.30. The van der Waals surface area contributed by atoms with E-state index in [0.29, 0.717) is 5.56 Å². The van der Waals surface area contributed by atoms with Crippen molar-refractivity contribution in [2.75, 3.05) is 25.9 Å². The Morgan fingerprint density at radius 3 is 2.60 bits per heavy atom. The van der Waals surface area contributed by atoms with Crippen LogP contribution < -0.4 is 0 Å². The quantitative estimate of drug-likeness (QED) is 0.802. The molecule has 3 nitrogen and oxygen atoms in total. The summed E-state index contributed by atoms with van der Waals surface area (Å²) in [5, 5.41) is 0. The molecule has 0 amide bonds. The van der Waals surface area contributed by atoms with Crippen LogP contribution in [-0.4, -0.2) is 39.2 Å². The Morgan fingerprint density at radius 2 is 2.05 bits per heavy atom. The first-order valence-corrected chi connectivity index (χ1v) is 8.64. The van der Waals surface area contributed by atoms with Crippen molar-refractivity contribution in [1.82, 2.24) is 4.90 Å². The van der Waals surface area contributed by atoms with Crippen molar-refractivity contribution in [2.24, 2.45) is 0 Å². The summed E-state index contributed by atoms with van der Waals surface area (Å²) in [5.74, 6) is -0.477. The van der Waals surface area contributed by atoms with Crippen LogP contribution in [0.25, 0.3) is 0 Å². The highest BCUT2D eigenvalue weighted by Crippen LogP contribution is 2.32. The molecule has 2 rings (SSSR count). The van der Waals surface area contributed by atoms with Crippen LogP contribution in [0.2, 0.25) is 0 Å². The van der Waals surface area contributed by atoms with Crippen molar-refractivity contribution in [3.05, 3.63) is 42.2 Å². The Kier molecular flexibility index (Phi) is 4.60. The minimum absolute atomic E-state index is 0.0952. The molecule has 1 fully saturated rings. The normalized spacial score (nSPS) is 18.1. The Balaban J connectivity index is 2.21. The summed E-state index contributed by atoms with van der Waals surface area (Å²) >= 11 is 0. The SMILES string of the molecule is C=CCN1CCC(c2cccc(S(C)(=O)=O)c2F)CC1. The average molecular weight is 297 g/mol. The van der Waals surface area contributed by atoms with Crippen LogP contribution in [0.1, 0.15) is 24.3 Å². The first-order chi connectivity index (χ1) is 9.43. The maximum Gasteiger partial charge on any atom is 0.178 e. The number of piperidine rings is 1. The minimum Gasteiger partial charge on any atom is -0.300 e. The van der Waals surface area contributed by atoms with Gasteiger partial charge in [0.25, 0.3) is 0 Å². The lowest BCUT2D eigenvalue weighted by atomic mass is 9.89. The third-order valence-electron chi connectivity index (χ3n) is 3.81. The molecule has 1 saturated heterocycles. The molecule has 0 aliphatic carbocycles. The molecule has 0 bridgehead atoms. The van der Waals surface area contributed by atoms with Gasteiger partial charge in [-0.3, -0.25) is 4.90 Å². The number of sulfone groups is 1. The zero-order chi connectivity index (χ0) is 14.8. The van der Waals surface area contributed by atoms with E-state index in [1.54, 1.807) is 12.1 Å². The van der Waals surface area contributed by atoms with Crippen LogP contribution in [0.15, 0.2) is 35.7 Å². The van der Waals surface area contributed by atoms with Gasteiger partial charge in [-0.25, -0.2) is 12.8 Å². The number of halogens is 1. The Labute approximate surface area is 120 Å². The second kappa shape index (κ2) is 6.06. The fourth-order valence-corrected chi connectivity index (χ4v) is 3.51. The summed E-state index contributed by atoms with van der Waals surface area (Å²) in [7, 11) is -3.51. The van der Waals surface area contributed by atoms with Gasteiger partial charge in [-0.05, 0) is 43.5 Å². The third-order valence-corrected chi connectivity index (χ3v) is 4.92. The highest BCUT2D eigenvalue weighted by Gasteiger charge is 2.25. The van der Waals surface area contributed by atoms with Crippen molar-refractivity contribution in [2.45, 2.75) is 23.7 Å². The average Bonchev–Trinajstić information content (AvgIpc) is 2.39. The van der Waals surface area contributed by atoms with E-state index in [9.17, 15) is 12.8 Å². The number of hydrogen-bond donors (Lipinski definition) is 0. The number of nitrogens with zero attached hydrogens (tertiary/aromatic N) is 1. The van der Waals surface area contributed by atoms with Gasteiger partial charge in [0.1, 0.15) is 10.7 Å². The molecule has 1 heterocycles. The summed E-state index contributed by atoms with van der Waals surface area (Å²) in [6, 6.07) is 4.67. The van der Waals surface area contributed by atoms with Crippen LogP contribution in [-0.2, 0) is 9.84 Å². The zero-order valence-corrected chi connectivity index (χ0v) is 12.5. The van der Waals surface area contributed by atoms with Crippen LogP contribution >= 0.6 is 0 Å². The van der Waals surface area contributed by atoms with Crippen LogP contribution in [0.3, 0.4) is 0 Å². The topological polar surface area (TPSA) is 37.4 Å².